The quantitative estimate of drug-likeness (QED) is 0.802. The van der Waals surface area contributed by atoms with Crippen LogP contribution in [0.1, 0.15) is 51.1 Å². The van der Waals surface area contributed by atoms with Crippen LogP contribution in [-0.2, 0) is 0 Å². The lowest BCUT2D eigenvalue weighted by Gasteiger charge is -2.38. The Hall–Kier alpha value is -1.23. The Morgan fingerprint density at radius 3 is 2.67 bits per heavy atom. The molecule has 0 aliphatic carbocycles. The molecule has 2 rings (SSSR count). The van der Waals surface area contributed by atoms with Gasteiger partial charge in [0.05, 0.1) is 0 Å². The molecule has 1 heterocycles. The number of nitrogens with one attached hydrogen (secondary N) is 1. The minimum absolute atomic E-state index is 0.135. The van der Waals surface area contributed by atoms with E-state index in [-0.39, 0.29) is 18.1 Å². The van der Waals surface area contributed by atoms with Crippen LogP contribution in [0.25, 0.3) is 0 Å². The first kappa shape index (κ1) is 16.1. The van der Waals surface area contributed by atoms with Gasteiger partial charge in [0.15, 0.2) is 0 Å². The fourth-order valence-electron chi connectivity index (χ4n) is 2.71. The number of fused-ring (bicyclic) bond motifs is 1. The van der Waals surface area contributed by atoms with Gasteiger partial charge in [-0.1, -0.05) is 18.2 Å². The van der Waals surface area contributed by atoms with Crippen LogP contribution in [0.2, 0.25) is 0 Å². The highest BCUT2D eigenvalue weighted by Gasteiger charge is 2.33. The average Bonchev–Trinajstić information content (AvgIpc) is 2.35. The number of ether oxygens (including phenoxy) is 1. The van der Waals surface area contributed by atoms with E-state index < -0.39 is 12.6 Å². The SMILES string of the molecule is CC1(C)CC(NCCCCC(F)(F)F)c2ccccc2O1. The number of halogens is 3. The molecule has 0 fully saturated rings. The molecule has 0 saturated heterocycles. The molecule has 0 aromatic heterocycles. The van der Waals surface area contributed by atoms with Gasteiger partial charge in [0, 0.05) is 24.4 Å². The molecular formula is C16H22F3NO. The zero-order valence-corrected chi connectivity index (χ0v) is 12.5. The molecular weight excluding hydrogens is 279 g/mol. The van der Waals surface area contributed by atoms with E-state index in [0.717, 1.165) is 17.7 Å². The number of benzene rings is 1. The highest BCUT2D eigenvalue weighted by atomic mass is 19.4. The van der Waals surface area contributed by atoms with E-state index in [1.807, 2.05) is 38.1 Å². The van der Waals surface area contributed by atoms with E-state index >= 15 is 0 Å². The van der Waals surface area contributed by atoms with Gasteiger partial charge in [0.1, 0.15) is 11.4 Å². The summed E-state index contributed by atoms with van der Waals surface area (Å²) >= 11 is 0. The van der Waals surface area contributed by atoms with Crippen molar-refractivity contribution in [1.82, 2.24) is 5.32 Å². The van der Waals surface area contributed by atoms with Gasteiger partial charge in [-0.05, 0) is 39.3 Å². The standard InChI is InChI=1S/C16H22F3NO/c1-15(2)11-13(12-7-3-4-8-14(12)21-15)20-10-6-5-9-16(17,18)19/h3-4,7-8,13,20H,5-6,9-11H2,1-2H3. The molecule has 1 atom stereocenters. The third-order valence-electron chi connectivity index (χ3n) is 3.65. The van der Waals surface area contributed by atoms with Crippen LogP contribution in [0.4, 0.5) is 13.2 Å². The van der Waals surface area contributed by atoms with Crippen LogP contribution in [0.15, 0.2) is 24.3 Å². The molecule has 21 heavy (non-hydrogen) atoms. The summed E-state index contributed by atoms with van der Waals surface area (Å²) in [5.41, 5.74) is 0.825. The minimum atomic E-state index is -4.05. The van der Waals surface area contributed by atoms with Gasteiger partial charge in [-0.25, -0.2) is 0 Å². The molecule has 0 radical (unpaired) electrons. The maximum absolute atomic E-state index is 12.1. The fourth-order valence-corrected chi connectivity index (χ4v) is 2.71. The van der Waals surface area contributed by atoms with Crippen molar-refractivity contribution in [3.63, 3.8) is 0 Å². The Bertz CT molecular complexity index is 471. The van der Waals surface area contributed by atoms with E-state index in [1.165, 1.54) is 0 Å². The van der Waals surface area contributed by atoms with Gasteiger partial charge in [0.25, 0.3) is 0 Å². The second-order valence-electron chi connectivity index (χ2n) is 6.18. The first-order valence-corrected chi connectivity index (χ1v) is 7.35. The molecule has 0 saturated carbocycles. The van der Waals surface area contributed by atoms with Crippen molar-refractivity contribution in [3.05, 3.63) is 29.8 Å². The van der Waals surface area contributed by atoms with E-state index in [0.29, 0.717) is 13.0 Å². The van der Waals surface area contributed by atoms with E-state index in [2.05, 4.69) is 5.32 Å². The summed E-state index contributed by atoms with van der Waals surface area (Å²) < 4.78 is 42.2. The van der Waals surface area contributed by atoms with Crippen LogP contribution in [0.5, 0.6) is 5.75 Å². The lowest BCUT2D eigenvalue weighted by molar-refractivity contribution is -0.135. The van der Waals surface area contributed by atoms with Crippen molar-refractivity contribution in [2.75, 3.05) is 6.54 Å². The Morgan fingerprint density at radius 2 is 1.95 bits per heavy atom. The van der Waals surface area contributed by atoms with Crippen molar-refractivity contribution in [1.29, 1.82) is 0 Å². The number of hydrogen-bond acceptors (Lipinski definition) is 2. The highest BCUT2D eigenvalue weighted by Crippen LogP contribution is 2.39. The van der Waals surface area contributed by atoms with Gasteiger partial charge in [-0.15, -0.1) is 0 Å². The van der Waals surface area contributed by atoms with Crippen LogP contribution in [-0.4, -0.2) is 18.3 Å². The topological polar surface area (TPSA) is 21.3 Å². The average molecular weight is 301 g/mol. The minimum Gasteiger partial charge on any atom is -0.487 e. The zero-order valence-electron chi connectivity index (χ0n) is 12.5. The molecule has 1 aliphatic heterocycles. The molecule has 1 aromatic rings. The number of unbranched alkanes of at least 4 members (excludes halogenated alkanes) is 1. The van der Waals surface area contributed by atoms with Crippen molar-refractivity contribution >= 4 is 0 Å². The molecule has 2 nitrogen and oxygen atoms in total. The van der Waals surface area contributed by atoms with E-state index in [9.17, 15) is 13.2 Å². The van der Waals surface area contributed by atoms with E-state index in [4.69, 9.17) is 4.74 Å². The maximum Gasteiger partial charge on any atom is 0.389 e. The summed E-state index contributed by atoms with van der Waals surface area (Å²) in [5, 5.41) is 3.37. The van der Waals surface area contributed by atoms with Crippen molar-refractivity contribution in [3.8, 4) is 5.75 Å². The smallest absolute Gasteiger partial charge is 0.389 e. The Morgan fingerprint density at radius 1 is 1.24 bits per heavy atom. The number of para-hydroxylation sites is 1. The Kier molecular flexibility index (Phi) is 4.81. The summed E-state index contributed by atoms with van der Waals surface area (Å²) in [6, 6.07) is 7.97. The van der Waals surface area contributed by atoms with Crippen molar-refractivity contribution in [2.24, 2.45) is 0 Å². The third-order valence-corrected chi connectivity index (χ3v) is 3.65. The highest BCUT2D eigenvalue weighted by molar-refractivity contribution is 5.38. The fraction of sp³-hybridized carbons (Fsp3) is 0.625. The van der Waals surface area contributed by atoms with Gasteiger partial charge in [-0.3, -0.25) is 0 Å². The summed E-state index contributed by atoms with van der Waals surface area (Å²) in [5.74, 6) is 0.863. The molecule has 0 bridgehead atoms. The number of alkyl halides is 3. The molecule has 5 heteroatoms. The first-order valence-electron chi connectivity index (χ1n) is 7.35. The van der Waals surface area contributed by atoms with Gasteiger partial charge in [-0.2, -0.15) is 13.2 Å². The lowest BCUT2D eigenvalue weighted by Crippen LogP contribution is -2.39. The monoisotopic (exact) mass is 301 g/mol. The molecule has 1 N–H and O–H groups in total. The van der Waals surface area contributed by atoms with Crippen LogP contribution in [0.3, 0.4) is 0 Å². The summed E-state index contributed by atoms with van der Waals surface area (Å²) in [7, 11) is 0. The molecule has 1 aromatic carbocycles. The second kappa shape index (κ2) is 6.26. The maximum atomic E-state index is 12.1. The Labute approximate surface area is 123 Å². The normalized spacial score (nSPS) is 20.7. The van der Waals surface area contributed by atoms with Gasteiger partial charge < -0.3 is 10.1 Å². The van der Waals surface area contributed by atoms with Crippen molar-refractivity contribution < 1.29 is 17.9 Å². The summed E-state index contributed by atoms with van der Waals surface area (Å²) in [6.45, 7) is 4.65. The van der Waals surface area contributed by atoms with Crippen LogP contribution >= 0.6 is 0 Å². The largest absolute Gasteiger partial charge is 0.487 e. The van der Waals surface area contributed by atoms with Gasteiger partial charge in [0.2, 0.25) is 0 Å². The van der Waals surface area contributed by atoms with Gasteiger partial charge >= 0.3 is 6.18 Å². The molecule has 0 spiro atoms. The second-order valence-corrected chi connectivity index (χ2v) is 6.18. The zero-order chi connectivity index (χ0) is 15.5. The first-order chi connectivity index (χ1) is 9.77. The molecule has 0 amide bonds. The predicted octanol–water partition coefficient (Wildman–Crippen LogP) is 4.61. The van der Waals surface area contributed by atoms with E-state index in [1.54, 1.807) is 0 Å². The lowest BCUT2D eigenvalue weighted by atomic mass is 9.89. The molecule has 118 valence electrons. The van der Waals surface area contributed by atoms with Crippen molar-refractivity contribution in [2.45, 2.75) is 57.3 Å². The summed E-state index contributed by atoms with van der Waals surface area (Å²) in [4.78, 5) is 0. The van der Waals surface area contributed by atoms with Crippen LogP contribution in [0, 0.1) is 0 Å². The molecule has 1 aliphatic rings. The molecule has 1 unspecified atom stereocenters. The number of rotatable bonds is 5. The third kappa shape index (κ3) is 4.92. The van der Waals surface area contributed by atoms with Crippen LogP contribution < -0.4 is 10.1 Å². The Balaban J connectivity index is 1.88. The summed E-state index contributed by atoms with van der Waals surface area (Å²) in [6.07, 6.45) is -3.24. The number of hydrogen-bond donors (Lipinski definition) is 1. The predicted molar refractivity (Wildman–Crippen MR) is 76.4 cm³/mol.